The van der Waals surface area contributed by atoms with Gasteiger partial charge in [0.2, 0.25) is 10.0 Å². The van der Waals surface area contributed by atoms with Gasteiger partial charge in [-0.2, -0.15) is 0 Å². The Morgan fingerprint density at radius 3 is 3.00 bits per heavy atom. The first kappa shape index (κ1) is 12.0. The topological polar surface area (TPSA) is 58.2 Å². The molecule has 1 aromatic rings. The van der Waals surface area contributed by atoms with Crippen LogP contribution >= 0.6 is 11.3 Å². The molecule has 1 aliphatic rings. The molecule has 0 aromatic carbocycles. The normalized spacial score (nSPS) is 26.1. The quantitative estimate of drug-likeness (QED) is 0.833. The lowest BCUT2D eigenvalue weighted by Crippen LogP contribution is -2.29. The van der Waals surface area contributed by atoms with Gasteiger partial charge in [-0.25, -0.2) is 13.1 Å². The van der Waals surface area contributed by atoms with Crippen LogP contribution in [-0.2, 0) is 10.0 Å². The van der Waals surface area contributed by atoms with Crippen molar-refractivity contribution in [3.8, 4) is 0 Å². The van der Waals surface area contributed by atoms with E-state index in [9.17, 15) is 8.42 Å². The van der Waals surface area contributed by atoms with E-state index < -0.39 is 10.0 Å². The molecular weight excluding hydrogens is 244 g/mol. The van der Waals surface area contributed by atoms with Crippen LogP contribution in [0, 0.1) is 5.92 Å². The van der Waals surface area contributed by atoms with Gasteiger partial charge in [0, 0.05) is 17.3 Å². The van der Waals surface area contributed by atoms with E-state index >= 15 is 0 Å². The first-order valence-corrected chi connectivity index (χ1v) is 7.81. The minimum atomic E-state index is -3.11. The summed E-state index contributed by atoms with van der Waals surface area (Å²) < 4.78 is 25.5. The van der Waals surface area contributed by atoms with Crippen molar-refractivity contribution in [1.82, 2.24) is 10.0 Å². The minimum Gasteiger partial charge on any atom is -0.316 e. The molecule has 0 spiro atoms. The standard InChI is InChI=1S/C10H16N2O2S2/c1-11-16(13,14)7-8-5-12-6-9(8)10-3-2-4-15-10/h2-4,8-9,11-12H,5-7H2,1H3. The van der Waals surface area contributed by atoms with E-state index in [0.29, 0.717) is 5.92 Å². The van der Waals surface area contributed by atoms with Crippen LogP contribution in [0.1, 0.15) is 10.8 Å². The van der Waals surface area contributed by atoms with E-state index in [4.69, 9.17) is 0 Å². The van der Waals surface area contributed by atoms with Crippen LogP contribution < -0.4 is 10.0 Å². The lowest BCUT2D eigenvalue weighted by Gasteiger charge is -2.16. The molecule has 2 atom stereocenters. The Morgan fingerprint density at radius 1 is 1.56 bits per heavy atom. The zero-order valence-corrected chi connectivity index (χ0v) is 10.8. The molecule has 4 nitrogen and oxygen atoms in total. The summed E-state index contributed by atoms with van der Waals surface area (Å²) in [6.07, 6.45) is 0. The highest BCUT2D eigenvalue weighted by molar-refractivity contribution is 7.89. The van der Waals surface area contributed by atoms with Crippen molar-refractivity contribution in [2.24, 2.45) is 5.92 Å². The third kappa shape index (κ3) is 2.63. The van der Waals surface area contributed by atoms with Gasteiger partial charge in [0.1, 0.15) is 0 Å². The van der Waals surface area contributed by atoms with E-state index in [-0.39, 0.29) is 11.7 Å². The molecule has 0 amide bonds. The Labute approximate surface area is 100 Å². The number of hydrogen-bond donors (Lipinski definition) is 2. The predicted molar refractivity (Wildman–Crippen MR) is 66.3 cm³/mol. The van der Waals surface area contributed by atoms with E-state index in [1.54, 1.807) is 11.3 Å². The van der Waals surface area contributed by atoms with E-state index in [1.807, 2.05) is 11.4 Å². The Morgan fingerprint density at radius 2 is 2.38 bits per heavy atom. The van der Waals surface area contributed by atoms with Gasteiger partial charge in [0.15, 0.2) is 0 Å². The summed E-state index contributed by atoms with van der Waals surface area (Å²) in [5, 5.41) is 5.31. The Hall–Kier alpha value is -0.430. The van der Waals surface area contributed by atoms with Crippen molar-refractivity contribution in [3.05, 3.63) is 22.4 Å². The second-order valence-electron chi connectivity index (χ2n) is 4.03. The van der Waals surface area contributed by atoms with Gasteiger partial charge in [-0.05, 0) is 31.0 Å². The van der Waals surface area contributed by atoms with Crippen LogP contribution in [0.25, 0.3) is 0 Å². The highest BCUT2D eigenvalue weighted by atomic mass is 32.2. The van der Waals surface area contributed by atoms with Crippen LogP contribution in [0.4, 0.5) is 0 Å². The fraction of sp³-hybridized carbons (Fsp3) is 0.600. The molecule has 1 fully saturated rings. The van der Waals surface area contributed by atoms with Crippen molar-refractivity contribution in [2.45, 2.75) is 5.92 Å². The first-order valence-electron chi connectivity index (χ1n) is 5.28. The van der Waals surface area contributed by atoms with E-state index in [2.05, 4.69) is 16.1 Å². The summed E-state index contributed by atoms with van der Waals surface area (Å²) in [6.45, 7) is 1.66. The Balaban J connectivity index is 2.10. The summed E-state index contributed by atoms with van der Waals surface area (Å²) in [5.41, 5.74) is 0. The molecule has 1 saturated heterocycles. The second kappa shape index (κ2) is 4.83. The zero-order chi connectivity index (χ0) is 11.6. The number of sulfonamides is 1. The monoisotopic (exact) mass is 260 g/mol. The van der Waals surface area contributed by atoms with Crippen LogP contribution in [0.5, 0.6) is 0 Å². The smallest absolute Gasteiger partial charge is 0.211 e. The lowest BCUT2D eigenvalue weighted by atomic mass is 9.96. The van der Waals surface area contributed by atoms with E-state index in [1.165, 1.54) is 11.9 Å². The van der Waals surface area contributed by atoms with Crippen molar-refractivity contribution in [1.29, 1.82) is 0 Å². The van der Waals surface area contributed by atoms with Crippen molar-refractivity contribution < 1.29 is 8.42 Å². The Bertz CT molecular complexity index is 428. The molecule has 16 heavy (non-hydrogen) atoms. The maximum Gasteiger partial charge on any atom is 0.211 e. The maximum atomic E-state index is 11.5. The van der Waals surface area contributed by atoms with Gasteiger partial charge >= 0.3 is 0 Å². The molecule has 1 aliphatic heterocycles. The molecule has 1 aromatic heterocycles. The molecule has 90 valence electrons. The average molecular weight is 260 g/mol. The molecule has 2 rings (SSSR count). The van der Waals surface area contributed by atoms with Crippen LogP contribution in [0.2, 0.25) is 0 Å². The minimum absolute atomic E-state index is 0.177. The van der Waals surface area contributed by atoms with Crippen LogP contribution in [0.3, 0.4) is 0 Å². The van der Waals surface area contributed by atoms with Gasteiger partial charge in [0.25, 0.3) is 0 Å². The molecule has 0 aliphatic carbocycles. The number of hydrogen-bond acceptors (Lipinski definition) is 4. The largest absolute Gasteiger partial charge is 0.316 e. The molecule has 6 heteroatoms. The SMILES string of the molecule is CNS(=O)(=O)CC1CNCC1c1cccs1. The maximum absolute atomic E-state index is 11.5. The molecular formula is C10H16N2O2S2. The number of nitrogens with one attached hydrogen (secondary N) is 2. The fourth-order valence-electron chi connectivity index (χ4n) is 2.11. The molecule has 0 saturated carbocycles. The van der Waals surface area contributed by atoms with Crippen LogP contribution in [-0.4, -0.2) is 34.3 Å². The molecule has 0 radical (unpaired) electrons. The van der Waals surface area contributed by atoms with Gasteiger partial charge in [-0.3, -0.25) is 0 Å². The third-order valence-corrected chi connectivity index (χ3v) is 5.49. The molecule has 2 unspecified atom stereocenters. The van der Waals surface area contributed by atoms with Gasteiger partial charge in [0.05, 0.1) is 5.75 Å². The van der Waals surface area contributed by atoms with Gasteiger partial charge in [-0.15, -0.1) is 11.3 Å². The van der Waals surface area contributed by atoms with Crippen molar-refractivity contribution in [3.63, 3.8) is 0 Å². The summed E-state index contributed by atoms with van der Waals surface area (Å²) >= 11 is 1.70. The highest BCUT2D eigenvalue weighted by Gasteiger charge is 2.32. The summed E-state index contributed by atoms with van der Waals surface area (Å²) in [4.78, 5) is 1.28. The predicted octanol–water partition coefficient (Wildman–Crippen LogP) is 0.600. The van der Waals surface area contributed by atoms with Crippen molar-refractivity contribution in [2.75, 3.05) is 25.9 Å². The van der Waals surface area contributed by atoms with Crippen molar-refractivity contribution >= 4 is 21.4 Å². The zero-order valence-electron chi connectivity index (χ0n) is 9.14. The highest BCUT2D eigenvalue weighted by Crippen LogP contribution is 2.31. The fourth-order valence-corrected chi connectivity index (χ4v) is 4.11. The van der Waals surface area contributed by atoms with Gasteiger partial charge < -0.3 is 5.32 Å². The number of thiophene rings is 1. The first-order chi connectivity index (χ1) is 7.62. The molecule has 0 bridgehead atoms. The lowest BCUT2D eigenvalue weighted by molar-refractivity contribution is 0.540. The summed E-state index contributed by atoms with van der Waals surface area (Å²) in [5.74, 6) is 0.721. The summed E-state index contributed by atoms with van der Waals surface area (Å²) in [7, 11) is -1.64. The van der Waals surface area contributed by atoms with Crippen LogP contribution in [0.15, 0.2) is 17.5 Å². The average Bonchev–Trinajstić information content (AvgIpc) is 2.86. The second-order valence-corrected chi connectivity index (χ2v) is 6.98. The molecule has 2 heterocycles. The Kier molecular flexibility index (Phi) is 3.63. The molecule has 2 N–H and O–H groups in total. The van der Waals surface area contributed by atoms with E-state index in [0.717, 1.165) is 13.1 Å². The number of rotatable bonds is 4. The van der Waals surface area contributed by atoms with Gasteiger partial charge in [-0.1, -0.05) is 6.07 Å². The third-order valence-electron chi connectivity index (χ3n) is 2.99. The summed E-state index contributed by atoms with van der Waals surface area (Å²) in [6, 6.07) is 4.10.